The normalized spacial score (nSPS) is 15.9. The molecule has 1 amide bonds. The van der Waals surface area contributed by atoms with E-state index in [2.05, 4.69) is 0 Å². The van der Waals surface area contributed by atoms with E-state index in [1.165, 1.54) is 27.6 Å². The van der Waals surface area contributed by atoms with Crippen LogP contribution in [-0.4, -0.2) is 49.3 Å². The molecule has 37 heavy (non-hydrogen) atoms. The summed E-state index contributed by atoms with van der Waals surface area (Å²) in [6, 6.07) is 13.0. The van der Waals surface area contributed by atoms with Crippen LogP contribution in [0.4, 0.5) is 4.39 Å². The molecule has 1 saturated heterocycles. The first-order valence-corrected chi connectivity index (χ1v) is 13.8. The van der Waals surface area contributed by atoms with Crippen molar-refractivity contribution in [2.45, 2.75) is 57.7 Å². The van der Waals surface area contributed by atoms with Crippen molar-refractivity contribution in [2.75, 3.05) is 19.7 Å². The molecule has 1 aromatic heterocycles. The van der Waals surface area contributed by atoms with E-state index in [0.717, 1.165) is 24.0 Å². The van der Waals surface area contributed by atoms with Crippen LogP contribution in [0.25, 0.3) is 0 Å². The molecule has 198 valence electrons. The molecular weight excluding hydrogens is 495 g/mol. The van der Waals surface area contributed by atoms with Crippen LogP contribution in [-0.2, 0) is 32.6 Å². The maximum atomic E-state index is 14.0. The summed E-state index contributed by atoms with van der Waals surface area (Å²) in [5.74, 6) is -0.190. The number of halogens is 1. The summed E-state index contributed by atoms with van der Waals surface area (Å²) < 4.78 is 53.9. The van der Waals surface area contributed by atoms with E-state index >= 15 is 0 Å². The lowest BCUT2D eigenvalue weighted by Crippen LogP contribution is -2.45. The molecule has 1 atom stereocenters. The number of aryl methyl sites for hydroxylation is 3. The fraction of sp³-hybridized carbons (Fsp3) is 0.393. The highest BCUT2D eigenvalue weighted by Crippen LogP contribution is 2.27. The third kappa shape index (κ3) is 6.66. The quantitative estimate of drug-likeness (QED) is 0.380. The van der Waals surface area contributed by atoms with Crippen LogP contribution in [0, 0.1) is 26.6 Å². The Labute approximate surface area is 217 Å². The van der Waals surface area contributed by atoms with Crippen LogP contribution in [0.2, 0.25) is 0 Å². The van der Waals surface area contributed by atoms with Crippen LogP contribution in [0.15, 0.2) is 64.1 Å². The third-order valence-electron chi connectivity index (χ3n) is 6.51. The number of hydrogen-bond donors (Lipinski definition) is 0. The van der Waals surface area contributed by atoms with Crippen LogP contribution in [0.5, 0.6) is 0 Å². The van der Waals surface area contributed by atoms with E-state index in [0.29, 0.717) is 23.5 Å². The molecule has 7 nitrogen and oxygen atoms in total. The number of ether oxygens (including phenoxy) is 1. The first-order chi connectivity index (χ1) is 17.6. The number of nitrogens with zero attached hydrogens (tertiary/aromatic N) is 2. The van der Waals surface area contributed by atoms with E-state index in [1.807, 2.05) is 19.1 Å². The van der Waals surface area contributed by atoms with Crippen molar-refractivity contribution in [3.05, 3.63) is 88.6 Å². The second kappa shape index (κ2) is 11.6. The maximum absolute atomic E-state index is 14.0. The Bertz CT molecular complexity index is 1290. The van der Waals surface area contributed by atoms with Gasteiger partial charge in [0.25, 0.3) is 0 Å². The number of rotatable bonds is 10. The fourth-order valence-electron chi connectivity index (χ4n) is 4.85. The van der Waals surface area contributed by atoms with Gasteiger partial charge in [-0.15, -0.1) is 0 Å². The van der Waals surface area contributed by atoms with E-state index in [4.69, 9.17) is 9.15 Å². The number of amides is 1. The predicted octanol–water partition coefficient (Wildman–Crippen LogP) is 4.74. The molecule has 0 radical (unpaired) electrons. The number of hydrogen-bond acceptors (Lipinski definition) is 5. The van der Waals surface area contributed by atoms with E-state index < -0.39 is 10.0 Å². The average Bonchev–Trinajstić information content (AvgIpc) is 3.53. The average molecular weight is 529 g/mol. The monoisotopic (exact) mass is 528 g/mol. The van der Waals surface area contributed by atoms with Gasteiger partial charge in [-0.05, 0) is 74.6 Å². The number of furan rings is 1. The molecule has 2 aromatic carbocycles. The molecule has 2 heterocycles. The summed E-state index contributed by atoms with van der Waals surface area (Å²) in [5, 5.41) is 0. The van der Waals surface area contributed by atoms with Crippen molar-refractivity contribution in [2.24, 2.45) is 0 Å². The summed E-state index contributed by atoms with van der Waals surface area (Å²) in [7, 11) is -4.00. The minimum absolute atomic E-state index is 0.0893. The van der Waals surface area contributed by atoms with E-state index in [9.17, 15) is 17.6 Å². The Kier molecular flexibility index (Phi) is 8.46. The number of carbonyl (C=O) groups excluding carboxylic acids is 1. The standard InChI is InChI=1S/C28H33FN2O5S/c1-20-14-21(2)28(22(3)15-20)37(33,34)31(18-26-7-5-13-36-26)19-27(32)30(17-25-6-4-12-35-25)16-23-8-10-24(29)11-9-23/h4,6,8-12,14-15,26H,5,7,13,16-19H2,1-3H3. The highest BCUT2D eigenvalue weighted by molar-refractivity contribution is 7.89. The number of carbonyl (C=O) groups is 1. The van der Waals surface area contributed by atoms with Crippen molar-refractivity contribution in [3.63, 3.8) is 0 Å². The SMILES string of the molecule is Cc1cc(C)c(S(=O)(=O)N(CC(=O)N(Cc2ccc(F)cc2)Cc2ccco2)CC2CCCO2)c(C)c1. The van der Waals surface area contributed by atoms with Crippen molar-refractivity contribution in [1.82, 2.24) is 9.21 Å². The molecule has 0 saturated carbocycles. The van der Waals surface area contributed by atoms with Crippen LogP contribution in [0.3, 0.4) is 0 Å². The van der Waals surface area contributed by atoms with Gasteiger partial charge < -0.3 is 14.1 Å². The molecule has 0 aliphatic carbocycles. The molecule has 0 bridgehead atoms. The van der Waals surface area contributed by atoms with Gasteiger partial charge in [-0.1, -0.05) is 29.8 Å². The highest BCUT2D eigenvalue weighted by atomic mass is 32.2. The topological polar surface area (TPSA) is 80.1 Å². The summed E-state index contributed by atoms with van der Waals surface area (Å²) >= 11 is 0. The minimum Gasteiger partial charge on any atom is -0.467 e. The summed E-state index contributed by atoms with van der Waals surface area (Å²) in [6.07, 6.45) is 2.83. The van der Waals surface area contributed by atoms with Crippen LogP contribution < -0.4 is 0 Å². The minimum atomic E-state index is -4.00. The molecule has 0 N–H and O–H groups in total. The van der Waals surface area contributed by atoms with Crippen molar-refractivity contribution in [3.8, 4) is 0 Å². The number of benzene rings is 2. The lowest BCUT2D eigenvalue weighted by molar-refractivity contribution is -0.133. The predicted molar refractivity (Wildman–Crippen MR) is 138 cm³/mol. The van der Waals surface area contributed by atoms with Crippen molar-refractivity contribution >= 4 is 15.9 Å². The highest BCUT2D eigenvalue weighted by Gasteiger charge is 2.34. The van der Waals surface area contributed by atoms with Gasteiger partial charge in [0.1, 0.15) is 11.6 Å². The van der Waals surface area contributed by atoms with Gasteiger partial charge in [0.2, 0.25) is 15.9 Å². The first-order valence-electron chi connectivity index (χ1n) is 12.4. The second-order valence-electron chi connectivity index (χ2n) is 9.62. The fourth-order valence-corrected chi connectivity index (χ4v) is 6.68. The first kappa shape index (κ1) is 27.0. The van der Waals surface area contributed by atoms with Gasteiger partial charge >= 0.3 is 0 Å². The zero-order valence-electron chi connectivity index (χ0n) is 21.4. The van der Waals surface area contributed by atoms with E-state index in [1.54, 1.807) is 38.1 Å². The summed E-state index contributed by atoms with van der Waals surface area (Å²) in [5.41, 5.74) is 2.97. The Hall–Kier alpha value is -3.01. The van der Waals surface area contributed by atoms with Crippen molar-refractivity contribution < 1.29 is 26.8 Å². The molecule has 1 fully saturated rings. The number of sulfonamides is 1. The van der Waals surface area contributed by atoms with Gasteiger partial charge in [-0.3, -0.25) is 4.79 Å². The van der Waals surface area contributed by atoms with Gasteiger partial charge in [-0.25, -0.2) is 12.8 Å². The van der Waals surface area contributed by atoms with Crippen LogP contribution >= 0.6 is 0 Å². The summed E-state index contributed by atoms with van der Waals surface area (Å²) in [4.78, 5) is 15.4. The van der Waals surface area contributed by atoms with Crippen LogP contribution in [0.1, 0.15) is 40.9 Å². The molecular formula is C28H33FN2O5S. The Morgan fingerprint density at radius 1 is 1.05 bits per heavy atom. The van der Waals surface area contributed by atoms with E-state index in [-0.39, 0.29) is 48.9 Å². The maximum Gasteiger partial charge on any atom is 0.244 e. The largest absolute Gasteiger partial charge is 0.467 e. The zero-order chi connectivity index (χ0) is 26.6. The van der Waals surface area contributed by atoms with Crippen molar-refractivity contribution in [1.29, 1.82) is 0 Å². The zero-order valence-corrected chi connectivity index (χ0v) is 22.3. The van der Waals surface area contributed by atoms with Gasteiger partial charge in [0.15, 0.2) is 0 Å². The molecule has 1 aliphatic rings. The van der Waals surface area contributed by atoms with Gasteiger partial charge in [-0.2, -0.15) is 4.31 Å². The second-order valence-corrected chi connectivity index (χ2v) is 11.5. The Balaban J connectivity index is 1.65. The molecule has 9 heteroatoms. The lowest BCUT2D eigenvalue weighted by Gasteiger charge is -2.29. The van der Waals surface area contributed by atoms with Gasteiger partial charge in [0, 0.05) is 19.7 Å². The molecule has 1 unspecified atom stereocenters. The molecule has 0 spiro atoms. The molecule has 4 rings (SSSR count). The third-order valence-corrected chi connectivity index (χ3v) is 8.63. The molecule has 3 aromatic rings. The Morgan fingerprint density at radius 3 is 2.35 bits per heavy atom. The van der Waals surface area contributed by atoms with Gasteiger partial charge in [0.05, 0.1) is 30.4 Å². The Morgan fingerprint density at radius 2 is 1.76 bits per heavy atom. The smallest absolute Gasteiger partial charge is 0.244 e. The summed E-state index contributed by atoms with van der Waals surface area (Å²) in [6.45, 7) is 6.11. The molecule has 1 aliphatic heterocycles. The lowest BCUT2D eigenvalue weighted by atomic mass is 10.1.